The molecule has 1 heterocycles. The summed E-state index contributed by atoms with van der Waals surface area (Å²) >= 11 is 0. The molecule has 5 nitrogen and oxygen atoms in total. The maximum atomic E-state index is 12.0. The quantitative estimate of drug-likeness (QED) is 0.799. The van der Waals surface area contributed by atoms with Crippen LogP contribution in [0, 0.1) is 0 Å². The van der Waals surface area contributed by atoms with Crippen LogP contribution in [0.25, 0.3) is 11.4 Å². The van der Waals surface area contributed by atoms with Crippen molar-refractivity contribution in [2.24, 2.45) is 0 Å². The number of hydrogen-bond donors (Lipinski definition) is 2. The van der Waals surface area contributed by atoms with Gasteiger partial charge >= 0.3 is 0 Å². The fraction of sp³-hybridized carbons (Fsp3) is 0.312. The minimum Gasteiger partial charge on any atom is -0.383 e. The molecule has 0 aliphatic rings. The van der Waals surface area contributed by atoms with Crippen LogP contribution in [0.1, 0.15) is 36.5 Å². The number of unbranched alkanes of at least 4 members (excludes halogenated alkanes) is 2. The highest BCUT2D eigenvalue weighted by molar-refractivity contribution is 5.98. The zero-order valence-electron chi connectivity index (χ0n) is 12.2. The van der Waals surface area contributed by atoms with Gasteiger partial charge in [-0.05, 0) is 6.42 Å². The van der Waals surface area contributed by atoms with Gasteiger partial charge in [0.05, 0.1) is 5.56 Å². The smallest absolute Gasteiger partial charge is 0.256 e. The van der Waals surface area contributed by atoms with Gasteiger partial charge in [-0.3, -0.25) is 4.79 Å². The van der Waals surface area contributed by atoms with E-state index in [-0.39, 0.29) is 11.7 Å². The van der Waals surface area contributed by atoms with E-state index in [4.69, 9.17) is 5.73 Å². The predicted octanol–water partition coefficient (Wildman–Crippen LogP) is 2.65. The van der Waals surface area contributed by atoms with E-state index in [1.54, 1.807) is 0 Å². The third kappa shape index (κ3) is 4.02. The highest BCUT2D eigenvalue weighted by atomic mass is 16.1. The van der Waals surface area contributed by atoms with Gasteiger partial charge < -0.3 is 11.1 Å². The van der Waals surface area contributed by atoms with Crippen molar-refractivity contribution < 1.29 is 4.79 Å². The number of nitrogens with two attached hydrogens (primary N) is 1. The lowest BCUT2D eigenvalue weighted by Crippen LogP contribution is -2.26. The molecule has 0 atom stereocenters. The zero-order valence-corrected chi connectivity index (χ0v) is 12.2. The summed E-state index contributed by atoms with van der Waals surface area (Å²) in [7, 11) is 0. The lowest BCUT2D eigenvalue weighted by Gasteiger charge is -2.08. The largest absolute Gasteiger partial charge is 0.383 e. The molecule has 0 spiro atoms. The molecule has 110 valence electrons. The maximum Gasteiger partial charge on any atom is 0.256 e. The number of anilines is 1. The summed E-state index contributed by atoms with van der Waals surface area (Å²) in [6.07, 6.45) is 4.66. The Morgan fingerprint density at radius 3 is 2.67 bits per heavy atom. The molecule has 2 aromatic rings. The Hall–Kier alpha value is -2.43. The molecule has 1 amide bonds. The monoisotopic (exact) mass is 284 g/mol. The van der Waals surface area contributed by atoms with E-state index in [0.717, 1.165) is 24.8 Å². The highest BCUT2D eigenvalue weighted by Gasteiger charge is 2.12. The van der Waals surface area contributed by atoms with E-state index in [1.165, 1.54) is 6.20 Å². The van der Waals surface area contributed by atoms with Crippen molar-refractivity contribution in [3.8, 4) is 11.4 Å². The Morgan fingerprint density at radius 2 is 2.00 bits per heavy atom. The summed E-state index contributed by atoms with van der Waals surface area (Å²) in [6, 6.07) is 9.54. The van der Waals surface area contributed by atoms with Gasteiger partial charge in [-0.2, -0.15) is 0 Å². The van der Waals surface area contributed by atoms with Crippen LogP contribution in [0.5, 0.6) is 0 Å². The summed E-state index contributed by atoms with van der Waals surface area (Å²) in [4.78, 5) is 20.4. The van der Waals surface area contributed by atoms with Gasteiger partial charge in [-0.25, -0.2) is 9.97 Å². The molecular formula is C16H20N4O. The number of hydrogen-bond acceptors (Lipinski definition) is 4. The van der Waals surface area contributed by atoms with Crippen molar-refractivity contribution in [2.75, 3.05) is 12.3 Å². The van der Waals surface area contributed by atoms with E-state index in [9.17, 15) is 4.79 Å². The number of nitrogens with zero attached hydrogens (tertiary/aromatic N) is 2. The van der Waals surface area contributed by atoms with E-state index in [0.29, 0.717) is 17.9 Å². The van der Waals surface area contributed by atoms with Crippen molar-refractivity contribution in [1.29, 1.82) is 0 Å². The number of aromatic nitrogens is 2. The Bertz CT molecular complexity index is 598. The summed E-state index contributed by atoms with van der Waals surface area (Å²) in [6.45, 7) is 2.77. The van der Waals surface area contributed by atoms with Crippen molar-refractivity contribution >= 4 is 11.7 Å². The SMILES string of the molecule is CCCCCNC(=O)c1cnc(-c2ccccc2)nc1N. The molecular weight excluding hydrogens is 264 g/mol. The molecule has 0 aliphatic heterocycles. The molecule has 3 N–H and O–H groups in total. The molecule has 0 saturated carbocycles. The van der Waals surface area contributed by atoms with Crippen molar-refractivity contribution in [1.82, 2.24) is 15.3 Å². The number of nitrogen functional groups attached to an aromatic ring is 1. The Balaban J connectivity index is 2.07. The van der Waals surface area contributed by atoms with Gasteiger partial charge in [0.1, 0.15) is 5.82 Å². The van der Waals surface area contributed by atoms with E-state index >= 15 is 0 Å². The number of rotatable bonds is 6. The first-order chi connectivity index (χ1) is 10.2. The topological polar surface area (TPSA) is 80.9 Å². The normalized spacial score (nSPS) is 10.3. The Kier molecular flexibility index (Phi) is 5.26. The lowest BCUT2D eigenvalue weighted by atomic mass is 10.2. The third-order valence-electron chi connectivity index (χ3n) is 3.16. The van der Waals surface area contributed by atoms with Crippen LogP contribution in [0.15, 0.2) is 36.5 Å². The van der Waals surface area contributed by atoms with Crippen molar-refractivity contribution in [2.45, 2.75) is 26.2 Å². The fourth-order valence-corrected chi connectivity index (χ4v) is 1.97. The van der Waals surface area contributed by atoms with Crippen LogP contribution in [-0.2, 0) is 0 Å². The molecule has 1 aromatic carbocycles. The molecule has 0 bridgehead atoms. The molecule has 0 fully saturated rings. The van der Waals surface area contributed by atoms with Gasteiger partial charge in [-0.15, -0.1) is 0 Å². The minimum atomic E-state index is -0.219. The van der Waals surface area contributed by atoms with E-state index in [1.807, 2.05) is 30.3 Å². The molecule has 0 unspecified atom stereocenters. The second kappa shape index (κ2) is 7.38. The molecule has 0 saturated heterocycles. The van der Waals surface area contributed by atoms with Gasteiger partial charge in [0.25, 0.3) is 5.91 Å². The van der Waals surface area contributed by atoms with Crippen LogP contribution in [0.2, 0.25) is 0 Å². The molecule has 1 aromatic heterocycles. The lowest BCUT2D eigenvalue weighted by molar-refractivity contribution is 0.0953. The van der Waals surface area contributed by atoms with Crippen LogP contribution >= 0.6 is 0 Å². The van der Waals surface area contributed by atoms with E-state index in [2.05, 4.69) is 22.2 Å². The van der Waals surface area contributed by atoms with E-state index < -0.39 is 0 Å². The summed E-state index contributed by atoms with van der Waals surface area (Å²) < 4.78 is 0. The third-order valence-corrected chi connectivity index (χ3v) is 3.16. The first-order valence-electron chi connectivity index (χ1n) is 7.18. The first-order valence-corrected chi connectivity index (χ1v) is 7.18. The zero-order chi connectivity index (χ0) is 15.1. The second-order valence-electron chi connectivity index (χ2n) is 4.82. The fourth-order valence-electron chi connectivity index (χ4n) is 1.97. The number of carbonyl (C=O) groups excluding carboxylic acids is 1. The Morgan fingerprint density at radius 1 is 1.24 bits per heavy atom. The number of carbonyl (C=O) groups is 1. The van der Waals surface area contributed by atoms with Crippen LogP contribution in [0.3, 0.4) is 0 Å². The molecule has 0 radical (unpaired) electrons. The number of benzene rings is 1. The predicted molar refractivity (Wildman–Crippen MR) is 83.7 cm³/mol. The standard InChI is InChI=1S/C16H20N4O/c1-2-3-7-10-18-16(21)13-11-19-15(20-14(13)17)12-8-5-4-6-9-12/h4-6,8-9,11H,2-3,7,10H2,1H3,(H,18,21)(H2,17,19,20). The first kappa shape index (κ1) is 15.0. The summed E-state index contributed by atoms with van der Waals surface area (Å²) in [5.41, 5.74) is 7.08. The van der Waals surface area contributed by atoms with Gasteiger partial charge in [0.15, 0.2) is 5.82 Å². The highest BCUT2D eigenvalue weighted by Crippen LogP contribution is 2.17. The minimum absolute atomic E-state index is 0.205. The van der Waals surface area contributed by atoms with Crippen LogP contribution in [-0.4, -0.2) is 22.4 Å². The average molecular weight is 284 g/mol. The van der Waals surface area contributed by atoms with Gasteiger partial charge in [-0.1, -0.05) is 50.1 Å². The summed E-state index contributed by atoms with van der Waals surface area (Å²) in [5.74, 6) is 0.510. The summed E-state index contributed by atoms with van der Waals surface area (Å²) in [5, 5.41) is 2.83. The number of nitrogens with one attached hydrogen (secondary N) is 1. The van der Waals surface area contributed by atoms with Gasteiger partial charge in [0, 0.05) is 18.3 Å². The van der Waals surface area contributed by atoms with Crippen LogP contribution in [0.4, 0.5) is 5.82 Å². The Labute approximate surface area is 124 Å². The van der Waals surface area contributed by atoms with Gasteiger partial charge in [0.2, 0.25) is 0 Å². The molecule has 5 heteroatoms. The molecule has 2 rings (SSSR count). The molecule has 21 heavy (non-hydrogen) atoms. The van der Waals surface area contributed by atoms with Crippen molar-refractivity contribution in [3.05, 3.63) is 42.1 Å². The number of amides is 1. The maximum absolute atomic E-state index is 12.0. The second-order valence-corrected chi connectivity index (χ2v) is 4.82. The van der Waals surface area contributed by atoms with Crippen LogP contribution < -0.4 is 11.1 Å². The van der Waals surface area contributed by atoms with Crippen molar-refractivity contribution in [3.63, 3.8) is 0 Å². The molecule has 0 aliphatic carbocycles. The average Bonchev–Trinajstić information content (AvgIpc) is 2.52.